The molecule has 2 atom stereocenters. The van der Waals surface area contributed by atoms with Crippen molar-refractivity contribution >= 4 is 11.9 Å². The van der Waals surface area contributed by atoms with Crippen molar-refractivity contribution in [2.75, 3.05) is 13.2 Å². The number of unbranched alkanes of at least 4 members (excludes halogenated alkanes) is 51. The van der Waals surface area contributed by atoms with Gasteiger partial charge in [0.1, 0.15) is 0 Å². The van der Waals surface area contributed by atoms with Crippen molar-refractivity contribution in [1.29, 1.82) is 0 Å². The normalized spacial score (nSPS) is 12.6. The van der Waals surface area contributed by atoms with Crippen LogP contribution in [0.15, 0.2) is 24.3 Å². The van der Waals surface area contributed by atoms with Crippen LogP contribution in [-0.4, -0.2) is 47.4 Å². The van der Waals surface area contributed by atoms with Crippen LogP contribution in [0.3, 0.4) is 0 Å². The van der Waals surface area contributed by atoms with E-state index in [0.717, 1.165) is 44.9 Å². The average Bonchev–Trinajstić information content (AvgIpc) is 3.41. The van der Waals surface area contributed by atoms with Gasteiger partial charge in [-0.1, -0.05) is 334 Å². The molecule has 0 aliphatic carbocycles. The molecule has 0 heterocycles. The maximum Gasteiger partial charge on any atom is 0.305 e. The number of nitrogens with one attached hydrogen (secondary N) is 1. The highest BCUT2D eigenvalue weighted by Crippen LogP contribution is 2.18. The third kappa shape index (κ3) is 61.4. The number of esters is 1. The number of ether oxygens (including phenoxy) is 1. The van der Waals surface area contributed by atoms with Gasteiger partial charge < -0.3 is 20.3 Å². The molecular formula is C69H133NO5. The molecule has 6 nitrogen and oxygen atoms in total. The molecule has 0 rings (SSSR count). The molecule has 0 aromatic heterocycles. The number of aliphatic hydroxyl groups excluding tert-OH is 2. The highest BCUT2D eigenvalue weighted by atomic mass is 16.5. The van der Waals surface area contributed by atoms with Gasteiger partial charge in [0.05, 0.1) is 25.4 Å². The monoisotopic (exact) mass is 1060 g/mol. The SMILES string of the molecule is CCCCCCCCC/C=C\CCCCCCCCCC(=O)OCCCCCCCCCCCCCCCCCCCCCCCCC(=O)NC(CO)C(O)/C=C/CCCCCCCCCCCCCCCCCC. The number of carbonyl (C=O) groups is 2. The maximum atomic E-state index is 12.5. The highest BCUT2D eigenvalue weighted by Gasteiger charge is 2.18. The van der Waals surface area contributed by atoms with Crippen LogP contribution in [0.4, 0.5) is 0 Å². The van der Waals surface area contributed by atoms with Gasteiger partial charge in [-0.05, 0) is 57.8 Å². The minimum atomic E-state index is -0.845. The molecule has 0 aromatic rings. The van der Waals surface area contributed by atoms with Gasteiger partial charge in [0.2, 0.25) is 5.91 Å². The van der Waals surface area contributed by atoms with Crippen molar-refractivity contribution in [3.05, 3.63) is 24.3 Å². The fraction of sp³-hybridized carbons (Fsp3) is 0.913. The smallest absolute Gasteiger partial charge is 0.305 e. The van der Waals surface area contributed by atoms with Crippen LogP contribution in [0.5, 0.6) is 0 Å². The number of hydrogen-bond acceptors (Lipinski definition) is 5. The molecule has 0 aliphatic rings. The quantitative estimate of drug-likeness (QED) is 0.0320. The van der Waals surface area contributed by atoms with E-state index in [2.05, 4.69) is 31.3 Å². The van der Waals surface area contributed by atoms with E-state index in [0.29, 0.717) is 19.4 Å². The third-order valence-corrected chi connectivity index (χ3v) is 16.0. The van der Waals surface area contributed by atoms with Gasteiger partial charge in [-0.25, -0.2) is 0 Å². The lowest BCUT2D eigenvalue weighted by Crippen LogP contribution is -2.45. The minimum Gasteiger partial charge on any atom is -0.466 e. The van der Waals surface area contributed by atoms with Crippen molar-refractivity contribution in [2.45, 2.75) is 392 Å². The number of aliphatic hydroxyl groups is 2. The summed E-state index contributed by atoms with van der Waals surface area (Å²) in [6.07, 6.45) is 80.9. The summed E-state index contributed by atoms with van der Waals surface area (Å²) < 4.78 is 5.50. The summed E-state index contributed by atoms with van der Waals surface area (Å²) in [5, 5.41) is 23.2. The number of allylic oxidation sites excluding steroid dienone is 3. The van der Waals surface area contributed by atoms with Gasteiger partial charge in [-0.3, -0.25) is 9.59 Å². The zero-order chi connectivity index (χ0) is 54.3. The first-order valence-corrected chi connectivity index (χ1v) is 34.1. The van der Waals surface area contributed by atoms with Crippen LogP contribution < -0.4 is 5.32 Å². The van der Waals surface area contributed by atoms with Crippen molar-refractivity contribution in [1.82, 2.24) is 5.32 Å². The molecule has 0 aliphatic heterocycles. The second-order valence-corrected chi connectivity index (χ2v) is 23.5. The van der Waals surface area contributed by atoms with Gasteiger partial charge in [0.25, 0.3) is 0 Å². The molecule has 0 radical (unpaired) electrons. The van der Waals surface area contributed by atoms with E-state index in [1.165, 1.54) is 308 Å². The van der Waals surface area contributed by atoms with Crippen LogP contribution in [0.25, 0.3) is 0 Å². The number of rotatable bonds is 64. The molecule has 75 heavy (non-hydrogen) atoms. The van der Waals surface area contributed by atoms with Crippen LogP contribution in [0.2, 0.25) is 0 Å². The van der Waals surface area contributed by atoms with Gasteiger partial charge in [0.15, 0.2) is 0 Å². The Balaban J connectivity index is 3.39. The van der Waals surface area contributed by atoms with E-state index in [1.54, 1.807) is 6.08 Å². The van der Waals surface area contributed by atoms with Crippen molar-refractivity contribution in [3.63, 3.8) is 0 Å². The highest BCUT2D eigenvalue weighted by molar-refractivity contribution is 5.76. The van der Waals surface area contributed by atoms with E-state index in [9.17, 15) is 19.8 Å². The lowest BCUT2D eigenvalue weighted by atomic mass is 10.0. The molecular weight excluding hydrogens is 923 g/mol. The zero-order valence-electron chi connectivity index (χ0n) is 50.8. The summed E-state index contributed by atoms with van der Waals surface area (Å²) in [5.41, 5.74) is 0. The molecule has 0 aromatic carbocycles. The summed E-state index contributed by atoms with van der Waals surface area (Å²) in [6.45, 7) is 4.93. The summed E-state index contributed by atoms with van der Waals surface area (Å²) in [4.78, 5) is 24.6. The Labute approximate surface area is 469 Å². The number of carbonyl (C=O) groups excluding carboxylic acids is 2. The Morgan fingerprint density at radius 3 is 0.947 bits per heavy atom. The predicted octanol–water partition coefficient (Wildman–Crippen LogP) is 21.8. The minimum absolute atomic E-state index is 0.0106. The maximum absolute atomic E-state index is 12.5. The molecule has 3 N–H and O–H groups in total. The largest absolute Gasteiger partial charge is 0.466 e. The van der Waals surface area contributed by atoms with Gasteiger partial charge in [0, 0.05) is 12.8 Å². The van der Waals surface area contributed by atoms with Crippen LogP contribution in [0, 0.1) is 0 Å². The van der Waals surface area contributed by atoms with Crippen LogP contribution in [0.1, 0.15) is 380 Å². The van der Waals surface area contributed by atoms with E-state index < -0.39 is 12.1 Å². The van der Waals surface area contributed by atoms with E-state index in [1.807, 2.05) is 6.08 Å². The van der Waals surface area contributed by atoms with Gasteiger partial charge >= 0.3 is 5.97 Å². The Bertz CT molecular complexity index is 1170. The lowest BCUT2D eigenvalue weighted by molar-refractivity contribution is -0.143. The average molecular weight is 1060 g/mol. The Hall–Kier alpha value is -1.66. The second kappa shape index (κ2) is 64.9. The first kappa shape index (κ1) is 73.3. The van der Waals surface area contributed by atoms with Gasteiger partial charge in [-0.15, -0.1) is 0 Å². The third-order valence-electron chi connectivity index (χ3n) is 16.0. The van der Waals surface area contributed by atoms with E-state index in [4.69, 9.17) is 4.74 Å². The standard InChI is InChI=1S/C69H133NO5/c1-3-5-7-9-11-13-15-17-19-21-29-33-37-41-45-49-53-57-61-67(72)66(65-71)70-68(73)62-58-54-50-46-42-38-34-30-27-25-23-24-26-28-32-36-40-44-48-52-56-60-64-75-69(74)63-59-55-51-47-43-39-35-31-22-20-18-16-14-12-10-8-6-4-2/h20,22,57,61,66-67,71-72H,3-19,21,23-56,58-60,62-65H2,1-2H3,(H,70,73)/b22-20-,61-57+. The first-order chi connectivity index (χ1) is 37.0. The van der Waals surface area contributed by atoms with Crippen LogP contribution >= 0.6 is 0 Å². The topological polar surface area (TPSA) is 95.9 Å². The summed E-state index contributed by atoms with van der Waals surface area (Å²) in [7, 11) is 0. The molecule has 444 valence electrons. The molecule has 0 saturated heterocycles. The fourth-order valence-electron chi connectivity index (χ4n) is 10.7. The molecule has 0 fully saturated rings. The fourth-order valence-corrected chi connectivity index (χ4v) is 10.7. The predicted molar refractivity (Wildman–Crippen MR) is 329 cm³/mol. The molecule has 2 unspecified atom stereocenters. The lowest BCUT2D eigenvalue weighted by Gasteiger charge is -2.20. The van der Waals surface area contributed by atoms with E-state index in [-0.39, 0.29) is 18.5 Å². The molecule has 0 spiro atoms. The summed E-state index contributed by atoms with van der Waals surface area (Å²) in [6, 6.07) is -0.628. The molecule has 1 amide bonds. The second-order valence-electron chi connectivity index (χ2n) is 23.5. The van der Waals surface area contributed by atoms with Crippen molar-refractivity contribution < 1.29 is 24.5 Å². The first-order valence-electron chi connectivity index (χ1n) is 34.1. The summed E-state index contributed by atoms with van der Waals surface area (Å²) in [5.74, 6) is -0.0544. The van der Waals surface area contributed by atoms with Crippen LogP contribution in [-0.2, 0) is 14.3 Å². The van der Waals surface area contributed by atoms with Crippen molar-refractivity contribution in [2.24, 2.45) is 0 Å². The Morgan fingerprint density at radius 2 is 0.627 bits per heavy atom. The van der Waals surface area contributed by atoms with Crippen molar-refractivity contribution in [3.8, 4) is 0 Å². The zero-order valence-corrected chi connectivity index (χ0v) is 50.8. The number of hydrogen-bond donors (Lipinski definition) is 3. The number of amides is 1. The molecule has 0 saturated carbocycles. The van der Waals surface area contributed by atoms with Gasteiger partial charge in [-0.2, -0.15) is 0 Å². The summed E-state index contributed by atoms with van der Waals surface area (Å²) >= 11 is 0. The molecule has 0 bridgehead atoms. The molecule has 6 heteroatoms. The Kier molecular flexibility index (Phi) is 63.4. The van der Waals surface area contributed by atoms with E-state index >= 15 is 0 Å². The Morgan fingerprint density at radius 1 is 0.360 bits per heavy atom.